The molecule has 35 heavy (non-hydrogen) atoms. The molecule has 192 valence electrons. The predicted octanol–water partition coefficient (Wildman–Crippen LogP) is 6.64. The summed E-state index contributed by atoms with van der Waals surface area (Å²) >= 11 is 0. The van der Waals surface area contributed by atoms with Crippen LogP contribution in [0.4, 0.5) is 8.78 Å². The van der Waals surface area contributed by atoms with Gasteiger partial charge in [-0.25, -0.2) is 8.78 Å². The molecule has 0 radical (unpaired) electrons. The number of rotatable bonds is 10. The summed E-state index contributed by atoms with van der Waals surface area (Å²) in [6, 6.07) is 5.15. The lowest BCUT2D eigenvalue weighted by molar-refractivity contribution is -0.153. The standard InChI is InChI=1S/C28H38F2N2O3/c1-35-22-7-8-25-23(17-22)26(21(18-29)19-31-25)24(30)9-11-28(27(33)34)12-15-32(16-13-28)14-10-20-5-3-2-4-6-20/h7-8,17,19-20,24H,2-6,9-16,18H2,1H3,(H,33,34)/t24-/m0/s1. The van der Waals surface area contributed by atoms with Crippen LogP contribution in [0.5, 0.6) is 5.75 Å². The molecule has 1 saturated heterocycles. The van der Waals surface area contributed by atoms with Crippen molar-refractivity contribution in [2.24, 2.45) is 11.3 Å². The van der Waals surface area contributed by atoms with Crippen LogP contribution in [0.2, 0.25) is 0 Å². The summed E-state index contributed by atoms with van der Waals surface area (Å²) in [6.07, 6.45) is 9.10. The SMILES string of the molecule is COc1ccc2ncc(CF)c([C@@H](F)CCC3(C(=O)O)CCN(CCC4CCCCC4)CC3)c2c1. The van der Waals surface area contributed by atoms with Gasteiger partial charge >= 0.3 is 5.97 Å². The van der Waals surface area contributed by atoms with E-state index in [2.05, 4.69) is 9.88 Å². The minimum absolute atomic E-state index is 0.0394. The molecule has 1 aromatic carbocycles. The van der Waals surface area contributed by atoms with Crippen molar-refractivity contribution in [2.75, 3.05) is 26.7 Å². The fourth-order valence-corrected chi connectivity index (χ4v) is 6.00. The number of hydrogen-bond donors (Lipinski definition) is 1. The highest BCUT2D eigenvalue weighted by Gasteiger charge is 2.42. The second kappa shape index (κ2) is 11.6. The second-order valence-corrected chi connectivity index (χ2v) is 10.4. The predicted molar refractivity (Wildman–Crippen MR) is 133 cm³/mol. The van der Waals surface area contributed by atoms with Gasteiger partial charge in [-0.1, -0.05) is 32.1 Å². The molecule has 2 heterocycles. The quantitative estimate of drug-likeness (QED) is 0.406. The summed E-state index contributed by atoms with van der Waals surface area (Å²) in [5.41, 5.74) is 0.115. The van der Waals surface area contributed by atoms with Gasteiger partial charge in [0.05, 0.1) is 18.0 Å². The number of piperidine rings is 1. The van der Waals surface area contributed by atoms with Crippen LogP contribution in [-0.2, 0) is 11.5 Å². The molecular weight excluding hydrogens is 450 g/mol. The molecule has 2 aliphatic rings. The highest BCUT2D eigenvalue weighted by molar-refractivity contribution is 5.85. The number of carbonyl (C=O) groups is 1. The van der Waals surface area contributed by atoms with Gasteiger partial charge in [0.15, 0.2) is 0 Å². The first-order valence-electron chi connectivity index (χ1n) is 13.1. The number of aliphatic carboxylic acids is 1. The molecule has 0 bridgehead atoms. The number of benzene rings is 1. The molecule has 1 atom stereocenters. The van der Waals surface area contributed by atoms with Crippen molar-refractivity contribution < 1.29 is 23.4 Å². The van der Waals surface area contributed by atoms with E-state index in [9.17, 15) is 14.3 Å². The van der Waals surface area contributed by atoms with Gasteiger partial charge in [-0.15, -0.1) is 0 Å². The number of alkyl halides is 2. The topological polar surface area (TPSA) is 62.7 Å². The Labute approximate surface area is 206 Å². The van der Waals surface area contributed by atoms with Gasteiger partial charge < -0.3 is 14.7 Å². The monoisotopic (exact) mass is 488 g/mol. The molecule has 7 heteroatoms. The second-order valence-electron chi connectivity index (χ2n) is 10.4. The van der Waals surface area contributed by atoms with E-state index in [4.69, 9.17) is 4.74 Å². The lowest BCUT2D eigenvalue weighted by Crippen LogP contribution is -2.45. The molecule has 0 amide bonds. The van der Waals surface area contributed by atoms with Crippen LogP contribution in [0.3, 0.4) is 0 Å². The van der Waals surface area contributed by atoms with E-state index >= 15 is 4.39 Å². The van der Waals surface area contributed by atoms with Gasteiger partial charge in [0.1, 0.15) is 18.6 Å². The average molecular weight is 489 g/mol. The number of pyridine rings is 1. The minimum atomic E-state index is -1.47. The summed E-state index contributed by atoms with van der Waals surface area (Å²) in [6.45, 7) is 1.68. The van der Waals surface area contributed by atoms with E-state index in [1.807, 2.05) is 0 Å². The van der Waals surface area contributed by atoms with Crippen molar-refractivity contribution in [1.82, 2.24) is 9.88 Å². The first kappa shape index (κ1) is 25.8. The third kappa shape index (κ3) is 5.93. The Morgan fingerprint density at radius 1 is 1.26 bits per heavy atom. The molecule has 0 spiro atoms. The zero-order valence-corrected chi connectivity index (χ0v) is 20.8. The normalized spacial score (nSPS) is 20.1. The van der Waals surface area contributed by atoms with Crippen molar-refractivity contribution in [3.63, 3.8) is 0 Å². The lowest BCUT2D eigenvalue weighted by Gasteiger charge is -2.39. The number of carboxylic acid groups (broad SMARTS) is 1. The van der Waals surface area contributed by atoms with Crippen LogP contribution in [-0.4, -0.2) is 47.7 Å². The molecule has 4 rings (SSSR count). The van der Waals surface area contributed by atoms with E-state index in [0.29, 0.717) is 29.5 Å². The van der Waals surface area contributed by atoms with Gasteiger partial charge in [0.2, 0.25) is 0 Å². The molecule has 5 nitrogen and oxygen atoms in total. The van der Waals surface area contributed by atoms with Crippen molar-refractivity contribution >= 4 is 16.9 Å². The number of aromatic nitrogens is 1. The van der Waals surface area contributed by atoms with E-state index in [-0.39, 0.29) is 24.0 Å². The van der Waals surface area contributed by atoms with E-state index in [1.165, 1.54) is 51.8 Å². The van der Waals surface area contributed by atoms with Crippen molar-refractivity contribution in [1.29, 1.82) is 0 Å². The smallest absolute Gasteiger partial charge is 0.309 e. The van der Waals surface area contributed by atoms with Gasteiger partial charge in [0, 0.05) is 22.7 Å². The number of halogens is 2. The van der Waals surface area contributed by atoms with Crippen LogP contribution in [0.1, 0.15) is 81.5 Å². The van der Waals surface area contributed by atoms with Crippen molar-refractivity contribution in [3.8, 4) is 5.75 Å². The number of hydrogen-bond acceptors (Lipinski definition) is 4. The number of fused-ring (bicyclic) bond motifs is 1. The maximum absolute atomic E-state index is 15.7. The lowest BCUT2D eigenvalue weighted by atomic mass is 9.74. The molecule has 0 unspecified atom stereocenters. The van der Waals surface area contributed by atoms with Crippen molar-refractivity contribution in [3.05, 3.63) is 35.5 Å². The number of ether oxygens (including phenoxy) is 1. The third-order valence-electron chi connectivity index (χ3n) is 8.38. The molecule has 2 fully saturated rings. The fraction of sp³-hybridized carbons (Fsp3) is 0.643. The van der Waals surface area contributed by atoms with Crippen LogP contribution >= 0.6 is 0 Å². The number of likely N-dealkylation sites (tertiary alicyclic amines) is 1. The molecule has 1 aromatic heterocycles. The van der Waals surface area contributed by atoms with E-state index in [0.717, 1.165) is 25.6 Å². The van der Waals surface area contributed by atoms with Crippen LogP contribution in [0.15, 0.2) is 24.4 Å². The highest BCUT2D eigenvalue weighted by Crippen LogP contribution is 2.42. The third-order valence-corrected chi connectivity index (χ3v) is 8.38. The Kier molecular flexibility index (Phi) is 8.58. The Bertz CT molecular complexity index is 996. The Morgan fingerprint density at radius 2 is 2.00 bits per heavy atom. The Morgan fingerprint density at radius 3 is 2.66 bits per heavy atom. The Balaban J connectivity index is 1.42. The first-order valence-corrected chi connectivity index (χ1v) is 13.1. The molecular formula is C28H38F2N2O3. The van der Waals surface area contributed by atoms with Crippen LogP contribution in [0, 0.1) is 11.3 Å². The minimum Gasteiger partial charge on any atom is -0.497 e. The Hall–Kier alpha value is -2.28. The summed E-state index contributed by atoms with van der Waals surface area (Å²) < 4.78 is 34.7. The van der Waals surface area contributed by atoms with Crippen molar-refractivity contribution in [2.45, 2.75) is 77.1 Å². The fourth-order valence-electron chi connectivity index (χ4n) is 6.00. The first-order chi connectivity index (χ1) is 17.0. The zero-order chi connectivity index (χ0) is 24.8. The molecule has 1 N–H and O–H groups in total. The maximum atomic E-state index is 15.7. The summed E-state index contributed by atoms with van der Waals surface area (Å²) in [7, 11) is 1.53. The van der Waals surface area contributed by atoms with Gasteiger partial charge in [-0.05, 0) is 75.9 Å². The largest absolute Gasteiger partial charge is 0.497 e. The van der Waals surface area contributed by atoms with Gasteiger partial charge in [-0.3, -0.25) is 9.78 Å². The van der Waals surface area contributed by atoms with Gasteiger partial charge in [-0.2, -0.15) is 0 Å². The number of nitrogens with zero attached hydrogens (tertiary/aromatic N) is 2. The molecule has 1 saturated carbocycles. The molecule has 2 aromatic rings. The van der Waals surface area contributed by atoms with Crippen LogP contribution in [0.25, 0.3) is 10.9 Å². The average Bonchev–Trinajstić information content (AvgIpc) is 2.90. The summed E-state index contributed by atoms with van der Waals surface area (Å²) in [5.74, 6) is 0.510. The summed E-state index contributed by atoms with van der Waals surface area (Å²) in [5, 5.41) is 10.6. The molecule has 1 aliphatic heterocycles. The van der Waals surface area contributed by atoms with Crippen LogP contribution < -0.4 is 4.74 Å². The van der Waals surface area contributed by atoms with Gasteiger partial charge in [0.25, 0.3) is 0 Å². The highest BCUT2D eigenvalue weighted by atomic mass is 19.1. The van der Waals surface area contributed by atoms with E-state index < -0.39 is 24.2 Å². The van der Waals surface area contributed by atoms with E-state index in [1.54, 1.807) is 18.2 Å². The zero-order valence-electron chi connectivity index (χ0n) is 20.8. The molecule has 1 aliphatic carbocycles. The number of methoxy groups -OCH3 is 1. The summed E-state index contributed by atoms with van der Waals surface area (Å²) in [4.78, 5) is 19.0. The number of carboxylic acids is 1. The maximum Gasteiger partial charge on any atom is 0.309 e.